The van der Waals surface area contributed by atoms with E-state index < -0.39 is 27.8 Å². The molecule has 0 aliphatic carbocycles. The molecule has 0 fully saturated rings. The SMILES string of the molecule is CCCCOC(=O)C[CH2][Sn]([CH2]CC(=O)OCCCC)([S]CC(O)COc1ccccc1)[S]CC(O)COc1ccccc1. The van der Waals surface area contributed by atoms with Crippen molar-refractivity contribution < 1.29 is 38.7 Å². The van der Waals surface area contributed by atoms with Gasteiger partial charge >= 0.3 is 268 Å². The summed E-state index contributed by atoms with van der Waals surface area (Å²) in [5, 5.41) is 21.7. The van der Waals surface area contributed by atoms with Gasteiger partial charge in [-0.05, 0) is 0 Å². The summed E-state index contributed by atoms with van der Waals surface area (Å²) in [6.07, 6.45) is 2.53. The van der Waals surface area contributed by atoms with Gasteiger partial charge in [0.25, 0.3) is 0 Å². The van der Waals surface area contributed by atoms with Crippen molar-refractivity contribution in [2.45, 2.75) is 73.5 Å². The van der Waals surface area contributed by atoms with Crippen molar-refractivity contribution in [3.63, 3.8) is 0 Å². The van der Waals surface area contributed by atoms with Crippen LogP contribution in [-0.2, 0) is 19.1 Å². The van der Waals surface area contributed by atoms with Crippen molar-refractivity contribution >= 4 is 45.4 Å². The van der Waals surface area contributed by atoms with Crippen LogP contribution in [0.15, 0.2) is 60.7 Å². The van der Waals surface area contributed by atoms with Crippen molar-refractivity contribution in [3.05, 3.63) is 60.7 Å². The van der Waals surface area contributed by atoms with Crippen LogP contribution in [0.4, 0.5) is 0 Å². The van der Waals surface area contributed by atoms with Crippen LogP contribution in [0.3, 0.4) is 0 Å². The predicted molar refractivity (Wildman–Crippen MR) is 177 cm³/mol. The Labute approximate surface area is 266 Å². The average Bonchev–Trinajstić information content (AvgIpc) is 3.03. The number of unbranched alkanes of at least 4 members (excludes halogenated alkanes) is 2. The molecule has 0 aromatic heterocycles. The van der Waals surface area contributed by atoms with E-state index in [1.54, 1.807) is 17.9 Å². The van der Waals surface area contributed by atoms with Crippen LogP contribution >= 0.6 is 17.9 Å². The summed E-state index contributed by atoms with van der Waals surface area (Å²) in [4.78, 5) is 25.3. The first-order valence-corrected chi connectivity index (χ1v) is 28.2. The zero-order valence-electron chi connectivity index (χ0n) is 25.5. The maximum atomic E-state index is 12.6. The first-order chi connectivity index (χ1) is 20.9. The number of esters is 2. The Balaban J connectivity index is 2.11. The van der Waals surface area contributed by atoms with Crippen molar-refractivity contribution in [1.29, 1.82) is 0 Å². The van der Waals surface area contributed by atoms with Gasteiger partial charge in [-0.1, -0.05) is 0 Å². The van der Waals surface area contributed by atoms with Gasteiger partial charge in [0.15, 0.2) is 0 Å². The van der Waals surface area contributed by atoms with E-state index in [4.69, 9.17) is 18.9 Å². The molecule has 0 amide bonds. The third-order valence-electron chi connectivity index (χ3n) is 6.39. The summed E-state index contributed by atoms with van der Waals surface area (Å²) >= 11 is -3.52. The minimum atomic E-state index is -3.52. The summed E-state index contributed by atoms with van der Waals surface area (Å²) in [5.41, 5.74) is 0. The summed E-state index contributed by atoms with van der Waals surface area (Å²) < 4.78 is 23.6. The summed E-state index contributed by atoms with van der Waals surface area (Å²) in [7, 11) is 3.37. The molecule has 0 aliphatic rings. The van der Waals surface area contributed by atoms with E-state index in [2.05, 4.69) is 0 Å². The molecule has 8 nitrogen and oxygen atoms in total. The maximum absolute atomic E-state index is 12.6. The van der Waals surface area contributed by atoms with Gasteiger partial charge in [0.05, 0.1) is 0 Å². The number of carbonyl (C=O) groups excluding carboxylic acids is 2. The van der Waals surface area contributed by atoms with Crippen LogP contribution in [0.25, 0.3) is 0 Å². The first-order valence-electron chi connectivity index (χ1n) is 15.2. The number of rotatable bonds is 24. The van der Waals surface area contributed by atoms with E-state index in [-0.39, 0.29) is 38.0 Å². The second-order valence-corrected chi connectivity index (χ2v) is 36.7. The van der Waals surface area contributed by atoms with E-state index in [9.17, 15) is 19.8 Å². The molecule has 11 heteroatoms. The van der Waals surface area contributed by atoms with E-state index in [1.807, 2.05) is 74.5 Å². The van der Waals surface area contributed by atoms with E-state index in [0.29, 0.717) is 45.1 Å². The molecular weight excluding hydrogens is 695 g/mol. The summed E-state index contributed by atoms with van der Waals surface area (Å²) in [6, 6.07) is 18.7. The number of aliphatic hydroxyl groups excluding tert-OH is 2. The number of benzene rings is 2. The number of ether oxygens (including phenoxy) is 4. The molecule has 0 aliphatic heterocycles. The molecular formula is C32H48O8S2Sn. The molecule has 2 rings (SSSR count). The summed E-state index contributed by atoms with van der Waals surface area (Å²) in [5.74, 6) is 1.68. The molecule has 2 aromatic rings. The average molecular weight is 744 g/mol. The van der Waals surface area contributed by atoms with Crippen LogP contribution in [0.5, 0.6) is 11.5 Å². The molecule has 43 heavy (non-hydrogen) atoms. The number of para-hydroxylation sites is 2. The van der Waals surface area contributed by atoms with Gasteiger partial charge in [-0.3, -0.25) is 0 Å². The van der Waals surface area contributed by atoms with Crippen LogP contribution in [0.2, 0.25) is 8.87 Å². The fourth-order valence-corrected chi connectivity index (χ4v) is 31.1. The van der Waals surface area contributed by atoms with E-state index in [0.717, 1.165) is 25.7 Å². The van der Waals surface area contributed by atoms with Gasteiger partial charge in [-0.2, -0.15) is 0 Å². The Bertz CT molecular complexity index is 933. The Hall–Kier alpha value is -1.60. The molecule has 0 saturated heterocycles. The quantitative estimate of drug-likeness (QED) is 0.0729. The Kier molecular flexibility index (Phi) is 20.0. The van der Waals surface area contributed by atoms with Gasteiger partial charge in [0, 0.05) is 0 Å². The molecule has 0 saturated carbocycles. The van der Waals surface area contributed by atoms with Gasteiger partial charge in [0.1, 0.15) is 0 Å². The Morgan fingerprint density at radius 1 is 0.698 bits per heavy atom. The third kappa shape index (κ3) is 17.5. The molecule has 0 radical (unpaired) electrons. The van der Waals surface area contributed by atoms with Gasteiger partial charge < -0.3 is 0 Å². The normalized spacial score (nSPS) is 12.7. The number of hydrogen-bond acceptors (Lipinski definition) is 10. The fraction of sp³-hybridized carbons (Fsp3) is 0.562. The standard InChI is InChI=1S/2C9H12O2S.2C7H13O2.Sn/c2*10-8(7-12)6-11-9-4-2-1-3-5-9;2*1-3-5-6-9-7(8)4-2;/h2*1-5,8,10,12H,6-7H2;2*2-6H2,1H3;/q;;;;+2/p-2. The molecule has 2 atom stereocenters. The molecule has 0 spiro atoms. The number of carbonyl (C=O) groups is 2. The van der Waals surface area contributed by atoms with Crippen molar-refractivity contribution in [1.82, 2.24) is 0 Å². The fourth-order valence-electron chi connectivity index (χ4n) is 3.86. The number of aliphatic hydroxyl groups is 2. The number of hydrogen-bond donors (Lipinski definition) is 2. The monoisotopic (exact) mass is 744 g/mol. The zero-order chi connectivity index (χ0) is 31.2. The van der Waals surface area contributed by atoms with Crippen LogP contribution in [-0.4, -0.2) is 87.9 Å². The Morgan fingerprint density at radius 2 is 1.09 bits per heavy atom. The molecule has 0 bridgehead atoms. The van der Waals surface area contributed by atoms with Crippen molar-refractivity contribution in [2.24, 2.45) is 0 Å². The molecule has 0 heterocycles. The van der Waals surface area contributed by atoms with Crippen molar-refractivity contribution in [3.8, 4) is 11.5 Å². The molecule has 240 valence electrons. The minimum absolute atomic E-state index is 0.134. The van der Waals surface area contributed by atoms with Crippen LogP contribution in [0.1, 0.15) is 52.4 Å². The zero-order valence-corrected chi connectivity index (χ0v) is 30.0. The third-order valence-corrected chi connectivity index (χ3v) is 36.4. The van der Waals surface area contributed by atoms with Crippen LogP contribution < -0.4 is 9.47 Å². The second kappa shape index (κ2) is 22.8. The molecule has 2 aromatic carbocycles. The van der Waals surface area contributed by atoms with Crippen LogP contribution in [0, 0.1) is 0 Å². The second-order valence-electron chi connectivity index (χ2n) is 10.2. The topological polar surface area (TPSA) is 112 Å². The van der Waals surface area contributed by atoms with Gasteiger partial charge in [0.2, 0.25) is 0 Å². The van der Waals surface area contributed by atoms with Gasteiger partial charge in [-0.25, -0.2) is 0 Å². The Morgan fingerprint density at radius 3 is 1.47 bits per heavy atom. The van der Waals surface area contributed by atoms with E-state index >= 15 is 0 Å². The first kappa shape index (κ1) is 37.6. The molecule has 2 N–H and O–H groups in total. The predicted octanol–water partition coefficient (Wildman–Crippen LogP) is 6.24. The molecule has 2 unspecified atom stereocenters. The van der Waals surface area contributed by atoms with E-state index in [1.165, 1.54) is 0 Å². The van der Waals surface area contributed by atoms with Crippen molar-refractivity contribution in [2.75, 3.05) is 37.9 Å². The van der Waals surface area contributed by atoms with Gasteiger partial charge in [-0.15, -0.1) is 0 Å². The summed E-state index contributed by atoms with van der Waals surface area (Å²) in [6.45, 7) is 5.15.